The first kappa shape index (κ1) is 15.4. The first-order chi connectivity index (χ1) is 9.67. The van der Waals surface area contributed by atoms with Crippen molar-refractivity contribution in [1.82, 2.24) is 4.98 Å². The lowest BCUT2D eigenvalue weighted by Gasteiger charge is -1.97. The molecule has 0 spiro atoms. The number of rotatable bonds is 8. The van der Waals surface area contributed by atoms with Crippen LogP contribution < -0.4 is 5.73 Å². The monoisotopic (exact) mass is 308 g/mol. The SMILES string of the molecule is Cc1nc(CCc2ccc(CCCC(=O)CN)s2)cs1. The van der Waals surface area contributed by atoms with Crippen LogP contribution in [0.4, 0.5) is 0 Å². The van der Waals surface area contributed by atoms with E-state index < -0.39 is 0 Å². The lowest BCUT2D eigenvalue weighted by molar-refractivity contribution is -0.117. The Kier molecular flexibility index (Phi) is 5.88. The second-order valence-electron chi connectivity index (χ2n) is 4.82. The number of ketones is 1. The van der Waals surface area contributed by atoms with E-state index in [4.69, 9.17) is 5.73 Å². The standard InChI is InChI=1S/C15H20N2OS2/c1-11-17-12(10-19-11)5-6-15-8-7-14(20-15)4-2-3-13(18)9-16/h7-8,10H,2-6,9,16H2,1H3. The average molecular weight is 308 g/mol. The van der Waals surface area contributed by atoms with Crippen molar-refractivity contribution < 1.29 is 4.79 Å². The van der Waals surface area contributed by atoms with E-state index in [1.165, 1.54) is 15.4 Å². The summed E-state index contributed by atoms with van der Waals surface area (Å²) in [4.78, 5) is 18.4. The third-order valence-corrected chi connectivity index (χ3v) is 5.15. The van der Waals surface area contributed by atoms with Crippen molar-refractivity contribution in [3.8, 4) is 0 Å². The van der Waals surface area contributed by atoms with Gasteiger partial charge in [0.1, 0.15) is 5.78 Å². The highest BCUT2D eigenvalue weighted by Crippen LogP contribution is 2.21. The van der Waals surface area contributed by atoms with Crippen LogP contribution in [-0.2, 0) is 24.1 Å². The van der Waals surface area contributed by atoms with Crippen LogP contribution in [0.2, 0.25) is 0 Å². The highest BCUT2D eigenvalue weighted by molar-refractivity contribution is 7.12. The summed E-state index contributed by atoms with van der Waals surface area (Å²) >= 11 is 3.56. The van der Waals surface area contributed by atoms with Gasteiger partial charge in [-0.05, 0) is 44.7 Å². The van der Waals surface area contributed by atoms with Crippen molar-refractivity contribution in [2.24, 2.45) is 5.73 Å². The third kappa shape index (κ3) is 4.81. The molecule has 0 bridgehead atoms. The van der Waals surface area contributed by atoms with Gasteiger partial charge < -0.3 is 5.73 Å². The average Bonchev–Trinajstić information content (AvgIpc) is 3.05. The molecule has 0 aliphatic rings. The molecule has 2 rings (SSSR count). The summed E-state index contributed by atoms with van der Waals surface area (Å²) < 4.78 is 0. The molecule has 0 amide bonds. The van der Waals surface area contributed by atoms with Crippen molar-refractivity contribution in [2.75, 3.05) is 6.54 Å². The molecule has 0 aliphatic carbocycles. The Balaban J connectivity index is 1.75. The van der Waals surface area contributed by atoms with Gasteiger partial charge in [-0.3, -0.25) is 4.79 Å². The van der Waals surface area contributed by atoms with Crippen molar-refractivity contribution in [2.45, 2.75) is 39.0 Å². The summed E-state index contributed by atoms with van der Waals surface area (Å²) in [5.74, 6) is 0.153. The summed E-state index contributed by atoms with van der Waals surface area (Å²) in [7, 11) is 0. The maximum atomic E-state index is 11.1. The number of Topliss-reactive ketones (excluding diaryl/α,β-unsaturated/α-hetero) is 1. The molecule has 5 heteroatoms. The fourth-order valence-electron chi connectivity index (χ4n) is 2.03. The maximum absolute atomic E-state index is 11.1. The molecule has 0 aliphatic heterocycles. The Morgan fingerprint density at radius 1 is 1.25 bits per heavy atom. The number of carbonyl (C=O) groups is 1. The smallest absolute Gasteiger partial charge is 0.146 e. The minimum absolute atomic E-state index is 0.153. The van der Waals surface area contributed by atoms with Crippen molar-refractivity contribution >= 4 is 28.5 Å². The third-order valence-electron chi connectivity index (χ3n) is 3.12. The zero-order chi connectivity index (χ0) is 14.4. The Morgan fingerprint density at radius 3 is 2.65 bits per heavy atom. The number of hydrogen-bond acceptors (Lipinski definition) is 5. The minimum Gasteiger partial charge on any atom is -0.324 e. The Hall–Kier alpha value is -1.04. The Labute approximate surface area is 127 Å². The van der Waals surface area contributed by atoms with Gasteiger partial charge in [-0.2, -0.15) is 0 Å². The number of thiophene rings is 1. The molecular formula is C15H20N2OS2. The molecule has 108 valence electrons. The van der Waals surface area contributed by atoms with Crippen LogP contribution in [0.3, 0.4) is 0 Å². The van der Waals surface area contributed by atoms with Crippen LogP contribution >= 0.6 is 22.7 Å². The number of thiazole rings is 1. The van der Waals surface area contributed by atoms with Crippen molar-refractivity contribution in [3.05, 3.63) is 38.0 Å². The van der Waals surface area contributed by atoms with E-state index in [-0.39, 0.29) is 12.3 Å². The molecule has 2 N–H and O–H groups in total. The number of aryl methyl sites for hydroxylation is 4. The fourth-order valence-corrected chi connectivity index (χ4v) is 3.73. The molecule has 0 unspecified atom stereocenters. The molecule has 2 heterocycles. The quantitative estimate of drug-likeness (QED) is 0.815. The molecule has 0 atom stereocenters. The van der Waals surface area contributed by atoms with Crippen LogP contribution in [0.15, 0.2) is 17.5 Å². The Bertz CT molecular complexity index is 560. The first-order valence-electron chi connectivity index (χ1n) is 6.87. The number of aromatic nitrogens is 1. The van der Waals surface area contributed by atoms with Gasteiger partial charge in [0.05, 0.1) is 17.2 Å². The lowest BCUT2D eigenvalue weighted by Crippen LogP contribution is -2.12. The van der Waals surface area contributed by atoms with E-state index >= 15 is 0 Å². The maximum Gasteiger partial charge on any atom is 0.146 e. The van der Waals surface area contributed by atoms with Gasteiger partial charge in [-0.15, -0.1) is 22.7 Å². The summed E-state index contributed by atoms with van der Waals surface area (Å²) in [6.45, 7) is 2.21. The van der Waals surface area contributed by atoms with E-state index in [1.807, 2.05) is 18.3 Å². The topological polar surface area (TPSA) is 56.0 Å². The minimum atomic E-state index is 0.153. The highest BCUT2D eigenvalue weighted by atomic mass is 32.1. The molecule has 20 heavy (non-hydrogen) atoms. The molecule has 0 aromatic carbocycles. The number of carbonyl (C=O) groups excluding carboxylic acids is 1. The highest BCUT2D eigenvalue weighted by Gasteiger charge is 2.04. The molecule has 3 nitrogen and oxygen atoms in total. The van der Waals surface area contributed by atoms with E-state index in [0.29, 0.717) is 6.42 Å². The second kappa shape index (κ2) is 7.67. The zero-order valence-corrected chi connectivity index (χ0v) is 13.4. The summed E-state index contributed by atoms with van der Waals surface area (Å²) in [6, 6.07) is 4.38. The largest absolute Gasteiger partial charge is 0.324 e. The van der Waals surface area contributed by atoms with E-state index in [2.05, 4.69) is 22.5 Å². The van der Waals surface area contributed by atoms with Gasteiger partial charge in [0.15, 0.2) is 0 Å². The predicted octanol–water partition coefficient (Wildman–Crippen LogP) is 3.15. The summed E-state index contributed by atoms with van der Waals surface area (Å²) in [6.07, 6.45) is 4.54. The van der Waals surface area contributed by atoms with Crippen molar-refractivity contribution in [1.29, 1.82) is 0 Å². The van der Waals surface area contributed by atoms with Crippen LogP contribution in [-0.4, -0.2) is 17.3 Å². The number of nitrogens with zero attached hydrogens (tertiary/aromatic N) is 1. The van der Waals surface area contributed by atoms with Gasteiger partial charge in [0.2, 0.25) is 0 Å². The van der Waals surface area contributed by atoms with Crippen LogP contribution in [0.1, 0.15) is 33.3 Å². The van der Waals surface area contributed by atoms with Gasteiger partial charge in [-0.1, -0.05) is 0 Å². The molecule has 0 saturated carbocycles. The van der Waals surface area contributed by atoms with Gasteiger partial charge in [-0.25, -0.2) is 4.98 Å². The number of nitrogens with two attached hydrogens (primary N) is 1. The Morgan fingerprint density at radius 2 is 2.00 bits per heavy atom. The molecule has 0 fully saturated rings. The molecule has 2 aromatic heterocycles. The van der Waals surface area contributed by atoms with Crippen LogP contribution in [0.5, 0.6) is 0 Å². The zero-order valence-electron chi connectivity index (χ0n) is 11.7. The van der Waals surface area contributed by atoms with Crippen LogP contribution in [0, 0.1) is 6.92 Å². The predicted molar refractivity (Wildman–Crippen MR) is 85.6 cm³/mol. The molecule has 2 aromatic rings. The van der Waals surface area contributed by atoms with Gasteiger partial charge in [0, 0.05) is 21.6 Å². The van der Waals surface area contributed by atoms with E-state index in [9.17, 15) is 4.79 Å². The molecule has 0 saturated heterocycles. The van der Waals surface area contributed by atoms with Gasteiger partial charge in [0.25, 0.3) is 0 Å². The molecule has 0 radical (unpaired) electrons. The van der Waals surface area contributed by atoms with E-state index in [0.717, 1.165) is 30.7 Å². The summed E-state index contributed by atoms with van der Waals surface area (Å²) in [5, 5.41) is 3.28. The summed E-state index contributed by atoms with van der Waals surface area (Å²) in [5.41, 5.74) is 6.49. The van der Waals surface area contributed by atoms with Crippen LogP contribution in [0.25, 0.3) is 0 Å². The molecular weight excluding hydrogens is 288 g/mol. The lowest BCUT2D eigenvalue weighted by atomic mass is 10.1. The van der Waals surface area contributed by atoms with E-state index in [1.54, 1.807) is 11.3 Å². The normalized spacial score (nSPS) is 10.9. The fraction of sp³-hybridized carbons (Fsp3) is 0.467. The second-order valence-corrected chi connectivity index (χ2v) is 7.14. The first-order valence-corrected chi connectivity index (χ1v) is 8.57. The van der Waals surface area contributed by atoms with Gasteiger partial charge >= 0.3 is 0 Å². The number of hydrogen-bond donors (Lipinski definition) is 1. The van der Waals surface area contributed by atoms with Crippen molar-refractivity contribution in [3.63, 3.8) is 0 Å².